The van der Waals surface area contributed by atoms with Crippen molar-refractivity contribution in [2.45, 2.75) is 0 Å². The maximum Gasteiger partial charge on any atom is 0.248 e. The van der Waals surface area contributed by atoms with E-state index in [1.807, 2.05) is 0 Å². The molecule has 0 saturated carbocycles. The molecule has 0 fully saturated rings. The van der Waals surface area contributed by atoms with Crippen LogP contribution >= 0.6 is 0 Å². The van der Waals surface area contributed by atoms with Crippen molar-refractivity contribution in [2.75, 3.05) is 16.8 Å². The zero-order valence-electron chi connectivity index (χ0n) is 10.7. The molecule has 6 N–H and O–H groups in total. The number of nitrogens with one attached hydrogen (secondary N) is 1. The Bertz CT molecular complexity index is 666. The van der Waals surface area contributed by atoms with E-state index >= 15 is 0 Å². The van der Waals surface area contributed by atoms with Crippen molar-refractivity contribution in [1.82, 2.24) is 0 Å². The normalized spacial score (nSPS) is 10.6. The highest BCUT2D eigenvalue weighted by atomic mass is 16.3. The predicted molar refractivity (Wildman–Crippen MR) is 81.0 cm³/mol. The first kappa shape index (κ1) is 13.5. The van der Waals surface area contributed by atoms with Gasteiger partial charge in [-0.05, 0) is 42.5 Å². The minimum absolute atomic E-state index is 0.0927. The van der Waals surface area contributed by atoms with E-state index in [0.717, 1.165) is 0 Å². The van der Waals surface area contributed by atoms with Crippen molar-refractivity contribution in [3.8, 4) is 5.75 Å². The van der Waals surface area contributed by atoms with Crippen LogP contribution in [0.15, 0.2) is 48.5 Å². The Morgan fingerprint density at radius 3 is 2.70 bits per heavy atom. The van der Waals surface area contributed by atoms with Crippen molar-refractivity contribution in [3.63, 3.8) is 0 Å². The molecule has 0 bridgehead atoms. The highest BCUT2D eigenvalue weighted by Crippen LogP contribution is 2.19. The zero-order valence-corrected chi connectivity index (χ0v) is 10.7. The van der Waals surface area contributed by atoms with Crippen LogP contribution < -0.4 is 16.8 Å². The summed E-state index contributed by atoms with van der Waals surface area (Å²) >= 11 is 0. The van der Waals surface area contributed by atoms with Gasteiger partial charge in [0.2, 0.25) is 5.91 Å². The highest BCUT2D eigenvalue weighted by Gasteiger charge is 2.00. The second-order valence-electron chi connectivity index (χ2n) is 4.26. The fourth-order valence-corrected chi connectivity index (χ4v) is 1.67. The van der Waals surface area contributed by atoms with E-state index in [2.05, 4.69) is 5.32 Å². The van der Waals surface area contributed by atoms with Crippen LogP contribution in [0.4, 0.5) is 17.1 Å². The lowest BCUT2D eigenvalue weighted by Gasteiger charge is -2.03. The standard InChI is InChI=1S/C15H15N3O2/c16-11-2-1-3-12(9-11)18-15(20)7-4-10-8-13(19)5-6-14(10)17/h1-9,19H,16-17H2,(H,18,20)/b7-4+. The van der Waals surface area contributed by atoms with Gasteiger partial charge in [-0.25, -0.2) is 0 Å². The summed E-state index contributed by atoms with van der Waals surface area (Å²) in [5, 5.41) is 12.0. The van der Waals surface area contributed by atoms with Crippen molar-refractivity contribution < 1.29 is 9.90 Å². The molecule has 0 aliphatic carbocycles. The van der Waals surface area contributed by atoms with Gasteiger partial charge >= 0.3 is 0 Å². The number of carbonyl (C=O) groups excluding carboxylic acids is 1. The van der Waals surface area contributed by atoms with Crippen LogP contribution in [0.1, 0.15) is 5.56 Å². The Labute approximate surface area is 116 Å². The molecule has 0 atom stereocenters. The molecule has 0 heterocycles. The van der Waals surface area contributed by atoms with E-state index in [9.17, 15) is 9.90 Å². The number of hydrogen-bond acceptors (Lipinski definition) is 4. The number of phenolic OH excluding ortho intramolecular Hbond substituents is 1. The largest absolute Gasteiger partial charge is 0.508 e. The third kappa shape index (κ3) is 3.52. The molecule has 0 saturated heterocycles. The molecule has 0 unspecified atom stereocenters. The third-order valence-electron chi connectivity index (χ3n) is 2.64. The molecular formula is C15H15N3O2. The predicted octanol–water partition coefficient (Wildman–Crippen LogP) is 2.21. The molecular weight excluding hydrogens is 254 g/mol. The summed E-state index contributed by atoms with van der Waals surface area (Å²) in [4.78, 5) is 11.8. The van der Waals surface area contributed by atoms with Crippen LogP contribution in [0, 0.1) is 0 Å². The van der Waals surface area contributed by atoms with Gasteiger partial charge in [0, 0.05) is 28.7 Å². The Morgan fingerprint density at radius 1 is 1.15 bits per heavy atom. The maximum absolute atomic E-state index is 11.8. The Morgan fingerprint density at radius 2 is 1.95 bits per heavy atom. The fourth-order valence-electron chi connectivity index (χ4n) is 1.67. The van der Waals surface area contributed by atoms with E-state index in [1.165, 1.54) is 24.3 Å². The average molecular weight is 269 g/mol. The number of nitrogen functional groups attached to an aromatic ring is 2. The highest BCUT2D eigenvalue weighted by molar-refractivity contribution is 6.02. The molecule has 0 aliphatic heterocycles. The van der Waals surface area contributed by atoms with Gasteiger partial charge in [0.1, 0.15) is 5.75 Å². The summed E-state index contributed by atoms with van der Waals surface area (Å²) in [5.41, 5.74) is 13.6. The van der Waals surface area contributed by atoms with Gasteiger partial charge in [-0.3, -0.25) is 4.79 Å². The van der Waals surface area contributed by atoms with Crippen LogP contribution in [0.3, 0.4) is 0 Å². The van der Waals surface area contributed by atoms with E-state index in [0.29, 0.717) is 22.6 Å². The Balaban J connectivity index is 2.07. The summed E-state index contributed by atoms with van der Waals surface area (Å²) in [6.45, 7) is 0. The second-order valence-corrected chi connectivity index (χ2v) is 4.26. The first-order chi connectivity index (χ1) is 9.54. The molecule has 5 nitrogen and oxygen atoms in total. The van der Waals surface area contributed by atoms with E-state index in [1.54, 1.807) is 30.3 Å². The van der Waals surface area contributed by atoms with Crippen LogP contribution in [0.5, 0.6) is 5.75 Å². The summed E-state index contributed by atoms with van der Waals surface area (Å²) in [5.74, 6) is -0.214. The summed E-state index contributed by atoms with van der Waals surface area (Å²) in [6, 6.07) is 11.4. The van der Waals surface area contributed by atoms with Crippen molar-refractivity contribution in [1.29, 1.82) is 0 Å². The monoisotopic (exact) mass is 269 g/mol. The fraction of sp³-hybridized carbons (Fsp3) is 0. The topological polar surface area (TPSA) is 101 Å². The molecule has 0 aromatic heterocycles. The van der Waals surface area contributed by atoms with Gasteiger partial charge in [-0.15, -0.1) is 0 Å². The van der Waals surface area contributed by atoms with Gasteiger partial charge in [-0.2, -0.15) is 0 Å². The van der Waals surface area contributed by atoms with Crippen molar-refractivity contribution in [2.24, 2.45) is 0 Å². The van der Waals surface area contributed by atoms with Gasteiger partial charge in [0.05, 0.1) is 0 Å². The van der Waals surface area contributed by atoms with Crippen LogP contribution in [0.25, 0.3) is 6.08 Å². The molecule has 0 aliphatic rings. The number of phenols is 1. The average Bonchev–Trinajstić information content (AvgIpc) is 2.40. The number of nitrogens with two attached hydrogens (primary N) is 2. The number of benzene rings is 2. The molecule has 0 spiro atoms. The number of rotatable bonds is 3. The first-order valence-electron chi connectivity index (χ1n) is 5.98. The summed E-state index contributed by atoms with van der Waals surface area (Å²) < 4.78 is 0. The molecule has 2 rings (SSSR count). The van der Waals surface area contributed by atoms with Gasteiger partial charge in [0.25, 0.3) is 0 Å². The van der Waals surface area contributed by atoms with E-state index < -0.39 is 0 Å². The number of carbonyl (C=O) groups is 1. The summed E-state index contributed by atoms with van der Waals surface area (Å²) in [7, 11) is 0. The molecule has 2 aromatic carbocycles. The van der Waals surface area contributed by atoms with Crippen molar-refractivity contribution >= 4 is 29.0 Å². The number of amides is 1. The quantitative estimate of drug-likeness (QED) is 0.390. The minimum Gasteiger partial charge on any atom is -0.508 e. The lowest BCUT2D eigenvalue weighted by molar-refractivity contribution is -0.111. The Hall–Kier alpha value is -2.95. The van der Waals surface area contributed by atoms with Crippen molar-refractivity contribution in [3.05, 3.63) is 54.1 Å². The van der Waals surface area contributed by atoms with Gasteiger partial charge in [-0.1, -0.05) is 6.07 Å². The number of anilines is 3. The third-order valence-corrected chi connectivity index (χ3v) is 2.64. The first-order valence-corrected chi connectivity index (χ1v) is 5.98. The molecule has 1 amide bonds. The molecule has 2 aromatic rings. The van der Waals surface area contributed by atoms with Crippen LogP contribution in [-0.4, -0.2) is 11.0 Å². The SMILES string of the molecule is Nc1cccc(NC(=O)/C=C/c2cc(O)ccc2N)c1. The lowest BCUT2D eigenvalue weighted by Crippen LogP contribution is -2.07. The lowest BCUT2D eigenvalue weighted by atomic mass is 10.1. The minimum atomic E-state index is -0.307. The van der Waals surface area contributed by atoms with E-state index in [-0.39, 0.29) is 11.7 Å². The molecule has 20 heavy (non-hydrogen) atoms. The van der Waals surface area contributed by atoms with Gasteiger partial charge in [0.15, 0.2) is 0 Å². The number of hydrogen-bond donors (Lipinski definition) is 4. The summed E-state index contributed by atoms with van der Waals surface area (Å²) in [6.07, 6.45) is 2.88. The second kappa shape index (κ2) is 5.79. The molecule has 5 heteroatoms. The zero-order chi connectivity index (χ0) is 14.5. The molecule has 0 radical (unpaired) electrons. The van der Waals surface area contributed by atoms with Crippen LogP contribution in [-0.2, 0) is 4.79 Å². The van der Waals surface area contributed by atoms with E-state index in [4.69, 9.17) is 11.5 Å². The Kier molecular flexibility index (Phi) is 3.91. The number of aromatic hydroxyl groups is 1. The van der Waals surface area contributed by atoms with Gasteiger partial charge < -0.3 is 21.9 Å². The van der Waals surface area contributed by atoms with Crippen LogP contribution in [0.2, 0.25) is 0 Å². The smallest absolute Gasteiger partial charge is 0.248 e. The maximum atomic E-state index is 11.8. The molecule has 102 valence electrons.